The molecule has 1 aliphatic heterocycles. The van der Waals surface area contributed by atoms with Gasteiger partial charge in [0, 0.05) is 12.5 Å². The van der Waals surface area contributed by atoms with Gasteiger partial charge < -0.3 is 18.9 Å². The van der Waals surface area contributed by atoms with Crippen LogP contribution in [0.3, 0.4) is 0 Å². The number of rotatable bonds is 6. The summed E-state index contributed by atoms with van der Waals surface area (Å²) in [5, 5.41) is 0. The SMILES string of the molecule is COc1ccc(CCC2CC(=O)c3cc(OC)c(OC)cc3O2)cc1. The molecule has 0 N–H and O–H groups in total. The zero-order valence-corrected chi connectivity index (χ0v) is 14.7. The van der Waals surface area contributed by atoms with Crippen LogP contribution in [0.15, 0.2) is 36.4 Å². The van der Waals surface area contributed by atoms with E-state index >= 15 is 0 Å². The van der Waals surface area contributed by atoms with Gasteiger partial charge in [0.1, 0.15) is 17.6 Å². The van der Waals surface area contributed by atoms with Crippen molar-refractivity contribution in [3.8, 4) is 23.0 Å². The molecule has 2 aromatic rings. The molecule has 3 rings (SSSR count). The van der Waals surface area contributed by atoms with E-state index in [0.29, 0.717) is 29.2 Å². The molecule has 2 aromatic carbocycles. The molecule has 0 saturated carbocycles. The summed E-state index contributed by atoms with van der Waals surface area (Å²) in [6.07, 6.45) is 1.84. The molecule has 1 unspecified atom stereocenters. The summed E-state index contributed by atoms with van der Waals surface area (Å²) in [7, 11) is 4.77. The van der Waals surface area contributed by atoms with Crippen LogP contribution in [0.2, 0.25) is 0 Å². The van der Waals surface area contributed by atoms with Gasteiger partial charge in [-0.3, -0.25) is 4.79 Å². The quantitative estimate of drug-likeness (QED) is 0.801. The highest BCUT2D eigenvalue weighted by Gasteiger charge is 2.28. The fourth-order valence-electron chi connectivity index (χ4n) is 2.99. The maximum Gasteiger partial charge on any atom is 0.170 e. The summed E-state index contributed by atoms with van der Waals surface area (Å²) in [5.74, 6) is 2.57. The maximum absolute atomic E-state index is 12.5. The van der Waals surface area contributed by atoms with Crippen LogP contribution in [0.25, 0.3) is 0 Å². The topological polar surface area (TPSA) is 54.0 Å². The van der Waals surface area contributed by atoms with Crippen molar-refractivity contribution in [3.63, 3.8) is 0 Å². The molecule has 1 aliphatic rings. The number of carbonyl (C=O) groups excluding carboxylic acids is 1. The van der Waals surface area contributed by atoms with Gasteiger partial charge in [-0.05, 0) is 36.6 Å². The Kier molecular flexibility index (Phi) is 5.12. The number of Topliss-reactive ketones (excluding diaryl/α,β-unsaturated/α-hetero) is 1. The van der Waals surface area contributed by atoms with Crippen LogP contribution in [0.4, 0.5) is 0 Å². The van der Waals surface area contributed by atoms with E-state index in [4.69, 9.17) is 18.9 Å². The van der Waals surface area contributed by atoms with Gasteiger partial charge in [-0.1, -0.05) is 12.1 Å². The largest absolute Gasteiger partial charge is 0.497 e. The minimum absolute atomic E-state index is 0.0712. The molecule has 1 atom stereocenters. The molecule has 0 aliphatic carbocycles. The Morgan fingerprint density at radius 1 is 1.00 bits per heavy atom. The number of carbonyl (C=O) groups is 1. The summed E-state index contributed by atoms with van der Waals surface area (Å²) < 4.78 is 21.8. The molecule has 0 aromatic heterocycles. The first-order chi connectivity index (χ1) is 12.1. The second-order valence-electron chi connectivity index (χ2n) is 5.96. The standard InChI is InChI=1S/C20H22O5/c1-22-14-7-4-13(5-8-14)6-9-15-10-17(21)16-11-19(23-2)20(24-3)12-18(16)25-15/h4-5,7-8,11-12,15H,6,9-10H2,1-3H3. The van der Waals surface area contributed by atoms with Crippen molar-refractivity contribution in [2.75, 3.05) is 21.3 Å². The number of hydrogen-bond donors (Lipinski definition) is 0. The molecule has 0 radical (unpaired) electrons. The first-order valence-corrected chi connectivity index (χ1v) is 8.23. The molecule has 0 saturated heterocycles. The van der Waals surface area contributed by atoms with E-state index in [1.807, 2.05) is 24.3 Å². The van der Waals surface area contributed by atoms with Crippen LogP contribution < -0.4 is 18.9 Å². The van der Waals surface area contributed by atoms with Crippen molar-refractivity contribution >= 4 is 5.78 Å². The highest BCUT2D eigenvalue weighted by Crippen LogP contribution is 2.38. The molecule has 5 nitrogen and oxygen atoms in total. The van der Waals surface area contributed by atoms with E-state index in [9.17, 15) is 4.79 Å². The molecule has 132 valence electrons. The van der Waals surface area contributed by atoms with E-state index in [1.165, 1.54) is 5.56 Å². The van der Waals surface area contributed by atoms with Gasteiger partial charge in [0.15, 0.2) is 17.3 Å². The van der Waals surface area contributed by atoms with E-state index in [1.54, 1.807) is 33.5 Å². The Hall–Kier alpha value is -2.69. The lowest BCUT2D eigenvalue weighted by Gasteiger charge is -2.26. The third-order valence-electron chi connectivity index (χ3n) is 4.41. The van der Waals surface area contributed by atoms with Gasteiger partial charge in [-0.15, -0.1) is 0 Å². The normalized spacial score (nSPS) is 16.0. The van der Waals surface area contributed by atoms with Crippen molar-refractivity contribution in [2.45, 2.75) is 25.4 Å². The Bertz CT molecular complexity index is 751. The summed E-state index contributed by atoms with van der Waals surface area (Å²) in [5.41, 5.74) is 1.74. The van der Waals surface area contributed by atoms with Crippen LogP contribution in [-0.2, 0) is 6.42 Å². The minimum atomic E-state index is -0.139. The molecule has 0 fully saturated rings. The third kappa shape index (κ3) is 3.71. The zero-order valence-electron chi connectivity index (χ0n) is 14.7. The molecule has 25 heavy (non-hydrogen) atoms. The predicted octanol–water partition coefficient (Wildman–Crippen LogP) is 3.68. The molecule has 0 spiro atoms. The Balaban J connectivity index is 1.71. The number of aryl methyl sites for hydroxylation is 1. The number of hydrogen-bond acceptors (Lipinski definition) is 5. The molecular weight excluding hydrogens is 320 g/mol. The van der Waals surface area contributed by atoms with Crippen molar-refractivity contribution in [1.29, 1.82) is 0 Å². The number of benzene rings is 2. The number of methoxy groups -OCH3 is 3. The van der Waals surface area contributed by atoms with Gasteiger partial charge in [0.2, 0.25) is 0 Å². The second-order valence-corrected chi connectivity index (χ2v) is 5.96. The van der Waals surface area contributed by atoms with Crippen molar-refractivity contribution in [3.05, 3.63) is 47.5 Å². The monoisotopic (exact) mass is 342 g/mol. The van der Waals surface area contributed by atoms with Crippen LogP contribution >= 0.6 is 0 Å². The first-order valence-electron chi connectivity index (χ1n) is 8.23. The summed E-state index contributed by atoms with van der Waals surface area (Å²) in [4.78, 5) is 12.5. The van der Waals surface area contributed by atoms with E-state index in [-0.39, 0.29) is 11.9 Å². The van der Waals surface area contributed by atoms with Crippen LogP contribution in [0, 0.1) is 0 Å². The summed E-state index contributed by atoms with van der Waals surface area (Å²) in [6, 6.07) is 11.4. The molecule has 5 heteroatoms. The van der Waals surface area contributed by atoms with Crippen molar-refractivity contribution in [1.82, 2.24) is 0 Å². The minimum Gasteiger partial charge on any atom is -0.497 e. The molecule has 0 bridgehead atoms. The van der Waals surface area contributed by atoms with Crippen molar-refractivity contribution in [2.24, 2.45) is 0 Å². The van der Waals surface area contributed by atoms with Crippen LogP contribution in [0.5, 0.6) is 23.0 Å². The number of ketones is 1. The number of fused-ring (bicyclic) bond motifs is 1. The average molecular weight is 342 g/mol. The van der Waals surface area contributed by atoms with Gasteiger partial charge in [-0.2, -0.15) is 0 Å². The Labute approximate surface area is 147 Å². The molecular formula is C20H22O5. The Morgan fingerprint density at radius 3 is 2.32 bits per heavy atom. The van der Waals surface area contributed by atoms with E-state index < -0.39 is 0 Å². The average Bonchev–Trinajstić information content (AvgIpc) is 2.65. The lowest BCUT2D eigenvalue weighted by atomic mass is 9.96. The second kappa shape index (κ2) is 7.47. The fraction of sp³-hybridized carbons (Fsp3) is 0.350. The van der Waals surface area contributed by atoms with E-state index in [0.717, 1.165) is 18.6 Å². The summed E-state index contributed by atoms with van der Waals surface area (Å²) in [6.45, 7) is 0. The Morgan fingerprint density at radius 2 is 1.68 bits per heavy atom. The van der Waals surface area contributed by atoms with E-state index in [2.05, 4.69) is 0 Å². The van der Waals surface area contributed by atoms with Gasteiger partial charge in [0.05, 0.1) is 26.9 Å². The lowest BCUT2D eigenvalue weighted by Crippen LogP contribution is -2.27. The van der Waals surface area contributed by atoms with Gasteiger partial charge in [0.25, 0.3) is 0 Å². The maximum atomic E-state index is 12.5. The smallest absolute Gasteiger partial charge is 0.170 e. The highest BCUT2D eigenvalue weighted by atomic mass is 16.5. The lowest BCUT2D eigenvalue weighted by molar-refractivity contribution is 0.0838. The van der Waals surface area contributed by atoms with Gasteiger partial charge >= 0.3 is 0 Å². The first kappa shape index (κ1) is 17.1. The van der Waals surface area contributed by atoms with Crippen LogP contribution in [0.1, 0.15) is 28.8 Å². The fourth-order valence-corrected chi connectivity index (χ4v) is 2.99. The van der Waals surface area contributed by atoms with Crippen LogP contribution in [-0.4, -0.2) is 33.2 Å². The summed E-state index contributed by atoms with van der Waals surface area (Å²) >= 11 is 0. The predicted molar refractivity (Wildman–Crippen MR) is 94.2 cm³/mol. The number of ether oxygens (including phenoxy) is 4. The highest BCUT2D eigenvalue weighted by molar-refractivity contribution is 6.00. The zero-order chi connectivity index (χ0) is 17.8. The third-order valence-corrected chi connectivity index (χ3v) is 4.41. The van der Waals surface area contributed by atoms with Gasteiger partial charge in [-0.25, -0.2) is 0 Å². The molecule has 1 heterocycles. The molecule has 0 amide bonds. The van der Waals surface area contributed by atoms with Crippen molar-refractivity contribution < 1.29 is 23.7 Å².